The third kappa shape index (κ3) is 4.07. The number of rotatable bonds is 8. The fourth-order valence-electron chi connectivity index (χ4n) is 1.36. The fourth-order valence-corrected chi connectivity index (χ4v) is 2.82. The van der Waals surface area contributed by atoms with Gasteiger partial charge in [-0.05, 0) is 19.3 Å². The summed E-state index contributed by atoms with van der Waals surface area (Å²) in [6.07, 6.45) is 1.62. The molecule has 0 amide bonds. The van der Waals surface area contributed by atoms with Gasteiger partial charge < -0.3 is 5.73 Å². The molecule has 16 heavy (non-hydrogen) atoms. The Balaban J connectivity index is 4.82. The maximum absolute atomic E-state index is 11.7. The van der Waals surface area contributed by atoms with Gasteiger partial charge in [0.15, 0.2) is 0 Å². The lowest BCUT2D eigenvalue weighted by Crippen LogP contribution is -2.58. The van der Waals surface area contributed by atoms with Crippen LogP contribution in [0.15, 0.2) is 0 Å². The molecular weight excluding hydrogens is 228 g/mol. The largest absolute Gasteiger partial charge is 0.386 e. The zero-order valence-electron chi connectivity index (χ0n) is 10.1. The highest BCUT2D eigenvalue weighted by Gasteiger charge is 2.34. The van der Waals surface area contributed by atoms with Crippen molar-refractivity contribution in [2.24, 2.45) is 5.73 Å². The Morgan fingerprint density at radius 3 is 2.12 bits per heavy atom. The Bertz CT molecular complexity index is 322. The minimum atomic E-state index is -3.59. The molecule has 0 aliphatic carbocycles. The Hall–Kier alpha value is -0.660. The van der Waals surface area contributed by atoms with Crippen molar-refractivity contribution in [3.05, 3.63) is 0 Å². The Morgan fingerprint density at radius 2 is 1.81 bits per heavy atom. The van der Waals surface area contributed by atoms with Gasteiger partial charge in [0, 0.05) is 6.54 Å². The lowest BCUT2D eigenvalue weighted by molar-refractivity contribution is 0.453. The summed E-state index contributed by atoms with van der Waals surface area (Å²) in [6, 6.07) is 0. The molecule has 0 saturated carbocycles. The number of hydrogen-bond donors (Lipinski definition) is 4. The summed E-state index contributed by atoms with van der Waals surface area (Å²) in [5, 5.41) is 7.48. The van der Waals surface area contributed by atoms with Crippen molar-refractivity contribution in [1.29, 1.82) is 5.41 Å². The first-order valence-corrected chi connectivity index (χ1v) is 6.95. The predicted octanol–water partition coefficient (Wildman–Crippen LogP) is 0.315. The van der Waals surface area contributed by atoms with Crippen LogP contribution >= 0.6 is 0 Å². The molecule has 96 valence electrons. The van der Waals surface area contributed by atoms with E-state index in [0.29, 0.717) is 25.8 Å². The van der Waals surface area contributed by atoms with Crippen molar-refractivity contribution in [3.63, 3.8) is 0 Å². The van der Waals surface area contributed by atoms with E-state index in [9.17, 15) is 8.42 Å². The van der Waals surface area contributed by atoms with Crippen LogP contribution in [0.3, 0.4) is 0 Å². The van der Waals surface area contributed by atoms with Gasteiger partial charge in [-0.3, -0.25) is 5.41 Å². The molecule has 7 heteroatoms. The summed E-state index contributed by atoms with van der Waals surface area (Å²) >= 11 is 0. The van der Waals surface area contributed by atoms with Crippen LogP contribution in [0.25, 0.3) is 0 Å². The van der Waals surface area contributed by atoms with E-state index < -0.39 is 15.7 Å². The SMILES string of the molecule is CCCNS(=O)(=O)NC(CC)(CC)C(=N)N. The van der Waals surface area contributed by atoms with E-state index in [1.54, 1.807) is 13.8 Å². The topological polar surface area (TPSA) is 108 Å². The smallest absolute Gasteiger partial charge is 0.277 e. The summed E-state index contributed by atoms with van der Waals surface area (Å²) < 4.78 is 28.2. The van der Waals surface area contributed by atoms with Gasteiger partial charge in [0.05, 0.1) is 5.54 Å². The average molecular weight is 250 g/mol. The average Bonchev–Trinajstić information content (AvgIpc) is 2.23. The zero-order valence-corrected chi connectivity index (χ0v) is 10.9. The first-order valence-electron chi connectivity index (χ1n) is 5.46. The molecule has 0 bridgehead atoms. The van der Waals surface area contributed by atoms with Crippen molar-refractivity contribution in [2.75, 3.05) is 6.54 Å². The van der Waals surface area contributed by atoms with Crippen LogP contribution in [0.4, 0.5) is 0 Å². The van der Waals surface area contributed by atoms with Crippen molar-refractivity contribution >= 4 is 16.0 Å². The van der Waals surface area contributed by atoms with E-state index in [4.69, 9.17) is 11.1 Å². The molecule has 0 unspecified atom stereocenters. The van der Waals surface area contributed by atoms with E-state index in [0.717, 1.165) is 0 Å². The molecule has 0 fully saturated rings. The van der Waals surface area contributed by atoms with Crippen molar-refractivity contribution < 1.29 is 8.42 Å². The second kappa shape index (κ2) is 6.17. The maximum atomic E-state index is 11.7. The third-order valence-corrected chi connectivity index (χ3v) is 3.84. The molecule has 0 rings (SSSR count). The molecule has 0 aromatic heterocycles. The lowest BCUT2D eigenvalue weighted by atomic mass is 9.93. The van der Waals surface area contributed by atoms with Gasteiger partial charge in [0.2, 0.25) is 0 Å². The summed E-state index contributed by atoms with van der Waals surface area (Å²) in [4.78, 5) is 0. The Kier molecular flexibility index (Phi) is 5.91. The minimum Gasteiger partial charge on any atom is -0.386 e. The van der Waals surface area contributed by atoms with Crippen molar-refractivity contribution in [1.82, 2.24) is 9.44 Å². The molecule has 0 saturated heterocycles. The molecule has 0 spiro atoms. The van der Waals surface area contributed by atoms with E-state index in [-0.39, 0.29) is 5.84 Å². The van der Waals surface area contributed by atoms with Crippen LogP contribution < -0.4 is 15.2 Å². The highest BCUT2D eigenvalue weighted by molar-refractivity contribution is 7.87. The molecular formula is C9H22N4O2S. The van der Waals surface area contributed by atoms with E-state index in [2.05, 4.69) is 9.44 Å². The molecule has 0 radical (unpaired) electrons. The van der Waals surface area contributed by atoms with Gasteiger partial charge in [-0.15, -0.1) is 0 Å². The standard InChI is InChI=1S/C9H22N4O2S/c1-4-7-12-16(14,15)13-9(5-2,6-3)8(10)11/h12-13H,4-7H2,1-3H3,(H3,10,11). The summed E-state index contributed by atoms with van der Waals surface area (Å²) in [6.45, 7) is 5.84. The molecule has 0 atom stereocenters. The van der Waals surface area contributed by atoms with Crippen LogP contribution in [0.2, 0.25) is 0 Å². The summed E-state index contributed by atoms with van der Waals surface area (Å²) in [7, 11) is -3.59. The lowest BCUT2D eigenvalue weighted by Gasteiger charge is -2.30. The van der Waals surface area contributed by atoms with E-state index in [1.165, 1.54) is 0 Å². The summed E-state index contributed by atoms with van der Waals surface area (Å²) in [5.74, 6) is -0.153. The molecule has 0 aliphatic heterocycles. The van der Waals surface area contributed by atoms with Crippen LogP contribution in [-0.4, -0.2) is 26.3 Å². The Labute approximate surface area is 97.7 Å². The number of nitrogens with two attached hydrogens (primary N) is 1. The van der Waals surface area contributed by atoms with Crippen molar-refractivity contribution in [2.45, 2.75) is 45.6 Å². The predicted molar refractivity (Wildman–Crippen MR) is 65.6 cm³/mol. The fraction of sp³-hybridized carbons (Fsp3) is 0.889. The quantitative estimate of drug-likeness (QED) is 0.368. The van der Waals surface area contributed by atoms with E-state index >= 15 is 0 Å². The van der Waals surface area contributed by atoms with Gasteiger partial charge in [-0.1, -0.05) is 20.8 Å². The zero-order chi connectivity index (χ0) is 12.8. The van der Waals surface area contributed by atoms with Gasteiger partial charge in [-0.25, -0.2) is 4.72 Å². The number of amidine groups is 1. The molecule has 0 heterocycles. The second-order valence-electron chi connectivity index (χ2n) is 3.70. The molecule has 0 aliphatic rings. The minimum absolute atomic E-state index is 0.153. The van der Waals surface area contributed by atoms with Crippen LogP contribution in [0.1, 0.15) is 40.0 Å². The van der Waals surface area contributed by atoms with Crippen LogP contribution in [0.5, 0.6) is 0 Å². The third-order valence-electron chi connectivity index (χ3n) is 2.59. The number of hydrogen-bond acceptors (Lipinski definition) is 3. The van der Waals surface area contributed by atoms with Crippen molar-refractivity contribution in [3.8, 4) is 0 Å². The summed E-state index contributed by atoms with van der Waals surface area (Å²) in [5.41, 5.74) is 4.48. The first-order chi connectivity index (χ1) is 7.33. The monoisotopic (exact) mass is 250 g/mol. The Morgan fingerprint density at radius 1 is 1.31 bits per heavy atom. The van der Waals surface area contributed by atoms with Gasteiger partial charge in [-0.2, -0.15) is 13.1 Å². The first kappa shape index (κ1) is 15.3. The normalized spacial score (nSPS) is 12.7. The van der Waals surface area contributed by atoms with Gasteiger partial charge in [0.25, 0.3) is 10.2 Å². The van der Waals surface area contributed by atoms with Crippen LogP contribution in [-0.2, 0) is 10.2 Å². The van der Waals surface area contributed by atoms with E-state index in [1.807, 2.05) is 6.92 Å². The van der Waals surface area contributed by atoms with Gasteiger partial charge in [0.1, 0.15) is 5.84 Å². The highest BCUT2D eigenvalue weighted by atomic mass is 32.2. The number of nitrogens with one attached hydrogen (secondary N) is 3. The van der Waals surface area contributed by atoms with Crippen LogP contribution in [0, 0.1) is 5.41 Å². The molecule has 0 aromatic rings. The molecule has 6 nitrogen and oxygen atoms in total. The van der Waals surface area contributed by atoms with Gasteiger partial charge >= 0.3 is 0 Å². The molecule has 0 aromatic carbocycles. The highest BCUT2D eigenvalue weighted by Crippen LogP contribution is 2.15. The second-order valence-corrected chi connectivity index (χ2v) is 5.20. The maximum Gasteiger partial charge on any atom is 0.277 e. The molecule has 5 N–H and O–H groups in total.